The number of rotatable bonds is 5. The summed E-state index contributed by atoms with van der Waals surface area (Å²) < 4.78 is 48.0. The number of anilines is 1. The average Bonchev–Trinajstić information content (AvgIpc) is 2.96. The third-order valence-corrected chi connectivity index (χ3v) is 2.84. The highest BCUT2D eigenvalue weighted by Gasteiger charge is 2.35. The van der Waals surface area contributed by atoms with Crippen LogP contribution in [0.4, 0.5) is 18.9 Å². The predicted octanol–water partition coefficient (Wildman–Crippen LogP) is 2.82. The Balaban J connectivity index is 2.31. The van der Waals surface area contributed by atoms with Gasteiger partial charge in [-0.3, -0.25) is 9.69 Å². The number of hydrogen-bond acceptors (Lipinski definition) is 4. The molecule has 0 bridgehead atoms. The number of halogens is 3. The Kier molecular flexibility index (Phi) is 4.69. The van der Waals surface area contributed by atoms with Crippen LogP contribution >= 0.6 is 0 Å². The van der Waals surface area contributed by atoms with Crippen molar-refractivity contribution in [1.82, 2.24) is 5.16 Å². The molecule has 1 heterocycles. The Morgan fingerprint density at radius 3 is 2.64 bits per heavy atom. The summed E-state index contributed by atoms with van der Waals surface area (Å²) in [6.45, 7) is -1.41. The summed E-state index contributed by atoms with van der Waals surface area (Å²) in [6.07, 6.45) is -3.59. The van der Waals surface area contributed by atoms with Gasteiger partial charge in [-0.25, -0.2) is 0 Å². The molecule has 8 heteroatoms. The average molecular weight is 314 g/mol. The van der Waals surface area contributed by atoms with Gasteiger partial charge in [-0.05, 0) is 12.1 Å². The van der Waals surface area contributed by atoms with Crippen LogP contribution in [0.3, 0.4) is 0 Å². The molecule has 0 fully saturated rings. The Morgan fingerprint density at radius 1 is 1.32 bits per heavy atom. The lowest BCUT2D eigenvalue weighted by molar-refractivity contribution is -0.132. The van der Waals surface area contributed by atoms with Gasteiger partial charge >= 0.3 is 6.18 Å². The van der Waals surface area contributed by atoms with E-state index in [1.165, 1.54) is 37.6 Å². The molecule has 0 aliphatic heterocycles. The summed E-state index contributed by atoms with van der Waals surface area (Å²) >= 11 is 0. The minimum Gasteiger partial charge on any atom is -0.495 e. The van der Waals surface area contributed by atoms with Crippen LogP contribution in [0.2, 0.25) is 0 Å². The number of amides is 1. The zero-order valence-corrected chi connectivity index (χ0v) is 11.6. The van der Waals surface area contributed by atoms with Gasteiger partial charge in [0.2, 0.25) is 5.91 Å². The number of aromatic nitrogens is 1. The quantitative estimate of drug-likeness (QED) is 0.851. The van der Waals surface area contributed by atoms with Crippen molar-refractivity contribution in [3.63, 3.8) is 0 Å². The molecule has 0 N–H and O–H groups in total. The SMILES string of the molecule is COc1ccccc1N(CC(F)(F)F)C(=O)Cc1ccon1. The smallest absolute Gasteiger partial charge is 0.406 e. The van der Waals surface area contributed by atoms with E-state index in [9.17, 15) is 18.0 Å². The van der Waals surface area contributed by atoms with Gasteiger partial charge in [0, 0.05) is 6.07 Å². The van der Waals surface area contributed by atoms with E-state index >= 15 is 0 Å². The number of alkyl halides is 3. The van der Waals surface area contributed by atoms with Crippen molar-refractivity contribution in [3.05, 3.63) is 42.3 Å². The third kappa shape index (κ3) is 4.00. The molecule has 0 saturated carbocycles. The topological polar surface area (TPSA) is 55.6 Å². The lowest BCUT2D eigenvalue weighted by Gasteiger charge is -2.25. The van der Waals surface area contributed by atoms with Crippen LogP contribution in [-0.4, -0.2) is 30.9 Å². The standard InChI is InChI=1S/C14H13F3N2O3/c1-21-12-5-3-2-4-11(12)19(9-14(15,16)17)13(20)8-10-6-7-22-18-10/h2-7H,8-9H2,1H3. The third-order valence-electron chi connectivity index (χ3n) is 2.84. The molecule has 2 rings (SSSR count). The number of benzene rings is 1. The van der Waals surface area contributed by atoms with Crippen molar-refractivity contribution < 1.29 is 27.2 Å². The molecule has 1 aromatic carbocycles. The highest BCUT2D eigenvalue weighted by Crippen LogP contribution is 2.31. The van der Waals surface area contributed by atoms with Crippen molar-refractivity contribution >= 4 is 11.6 Å². The Hall–Kier alpha value is -2.51. The van der Waals surface area contributed by atoms with Crippen molar-refractivity contribution in [2.45, 2.75) is 12.6 Å². The molecule has 0 spiro atoms. The number of carbonyl (C=O) groups excluding carboxylic acids is 1. The van der Waals surface area contributed by atoms with Gasteiger partial charge in [-0.15, -0.1) is 0 Å². The second kappa shape index (κ2) is 6.50. The van der Waals surface area contributed by atoms with Gasteiger partial charge in [0.1, 0.15) is 18.6 Å². The molecule has 1 aromatic heterocycles. The van der Waals surface area contributed by atoms with Crippen molar-refractivity contribution in [2.24, 2.45) is 0 Å². The molecule has 0 aliphatic rings. The first-order valence-corrected chi connectivity index (χ1v) is 6.30. The van der Waals surface area contributed by atoms with E-state index in [4.69, 9.17) is 4.74 Å². The van der Waals surface area contributed by atoms with E-state index in [1.807, 2.05) is 0 Å². The summed E-state index contributed by atoms with van der Waals surface area (Å²) in [6, 6.07) is 7.44. The Morgan fingerprint density at radius 2 is 2.05 bits per heavy atom. The zero-order chi connectivity index (χ0) is 16.2. The number of methoxy groups -OCH3 is 1. The van der Waals surface area contributed by atoms with Crippen molar-refractivity contribution in [1.29, 1.82) is 0 Å². The minimum atomic E-state index is -4.54. The molecule has 22 heavy (non-hydrogen) atoms. The highest BCUT2D eigenvalue weighted by molar-refractivity contribution is 5.96. The maximum Gasteiger partial charge on any atom is 0.406 e. The van der Waals surface area contributed by atoms with Gasteiger partial charge in [0.05, 0.1) is 24.9 Å². The second-order valence-corrected chi connectivity index (χ2v) is 4.43. The largest absolute Gasteiger partial charge is 0.495 e. The second-order valence-electron chi connectivity index (χ2n) is 4.43. The van der Waals surface area contributed by atoms with Crippen LogP contribution in [0.15, 0.2) is 41.1 Å². The maximum atomic E-state index is 12.8. The van der Waals surface area contributed by atoms with Gasteiger partial charge < -0.3 is 9.26 Å². The first-order valence-electron chi connectivity index (χ1n) is 6.30. The molecule has 2 aromatic rings. The fourth-order valence-corrected chi connectivity index (χ4v) is 1.92. The van der Waals surface area contributed by atoms with E-state index < -0.39 is 18.6 Å². The zero-order valence-electron chi connectivity index (χ0n) is 11.6. The van der Waals surface area contributed by atoms with Crippen LogP contribution in [0.1, 0.15) is 5.69 Å². The molecule has 5 nitrogen and oxygen atoms in total. The summed E-state index contributed by atoms with van der Waals surface area (Å²) in [7, 11) is 1.33. The maximum absolute atomic E-state index is 12.8. The van der Waals surface area contributed by atoms with Crippen molar-refractivity contribution in [3.8, 4) is 5.75 Å². The van der Waals surface area contributed by atoms with E-state index in [0.717, 1.165) is 0 Å². The fourth-order valence-electron chi connectivity index (χ4n) is 1.92. The van der Waals surface area contributed by atoms with Gasteiger partial charge in [0.15, 0.2) is 0 Å². The summed E-state index contributed by atoms with van der Waals surface area (Å²) in [5.41, 5.74) is 0.308. The molecule has 0 atom stereocenters. The van der Waals surface area contributed by atoms with E-state index in [-0.39, 0.29) is 23.6 Å². The molecule has 0 aliphatic carbocycles. The van der Waals surface area contributed by atoms with Gasteiger partial charge in [-0.2, -0.15) is 13.2 Å². The van der Waals surface area contributed by atoms with Crippen LogP contribution in [0.25, 0.3) is 0 Å². The Labute approximate surface area is 124 Å². The van der Waals surface area contributed by atoms with E-state index in [1.54, 1.807) is 6.07 Å². The summed E-state index contributed by atoms with van der Waals surface area (Å²) in [5, 5.41) is 3.54. The number of para-hydroxylation sites is 2. The number of carbonyl (C=O) groups is 1. The molecular formula is C14H13F3N2O3. The van der Waals surface area contributed by atoms with E-state index in [2.05, 4.69) is 9.68 Å². The molecule has 0 unspecified atom stereocenters. The monoisotopic (exact) mass is 314 g/mol. The number of hydrogen-bond donors (Lipinski definition) is 0. The minimum absolute atomic E-state index is 0.0517. The molecule has 1 amide bonds. The lowest BCUT2D eigenvalue weighted by atomic mass is 10.2. The molecule has 0 saturated heterocycles. The molecule has 118 valence electrons. The molecule has 0 radical (unpaired) electrons. The Bertz CT molecular complexity index is 627. The van der Waals surface area contributed by atoms with E-state index in [0.29, 0.717) is 4.90 Å². The normalized spacial score (nSPS) is 11.3. The van der Waals surface area contributed by atoms with Crippen molar-refractivity contribution in [2.75, 3.05) is 18.6 Å². The summed E-state index contributed by atoms with van der Waals surface area (Å²) in [5.74, 6) is -0.573. The van der Waals surface area contributed by atoms with Crippen LogP contribution in [-0.2, 0) is 11.2 Å². The highest BCUT2D eigenvalue weighted by atomic mass is 19.4. The molecular weight excluding hydrogens is 301 g/mol. The van der Waals surface area contributed by atoms with Gasteiger partial charge in [-0.1, -0.05) is 17.3 Å². The number of nitrogens with zero attached hydrogens (tertiary/aromatic N) is 2. The van der Waals surface area contributed by atoms with Crippen LogP contribution in [0, 0.1) is 0 Å². The van der Waals surface area contributed by atoms with Crippen LogP contribution in [0.5, 0.6) is 5.75 Å². The van der Waals surface area contributed by atoms with Crippen LogP contribution < -0.4 is 9.64 Å². The fraction of sp³-hybridized carbons (Fsp3) is 0.286. The number of ether oxygens (including phenoxy) is 1. The summed E-state index contributed by atoms with van der Waals surface area (Å²) in [4.78, 5) is 12.9. The first kappa shape index (κ1) is 15.9. The predicted molar refractivity (Wildman–Crippen MR) is 71.6 cm³/mol. The first-order chi connectivity index (χ1) is 10.4. The van der Waals surface area contributed by atoms with Gasteiger partial charge in [0.25, 0.3) is 0 Å². The lowest BCUT2D eigenvalue weighted by Crippen LogP contribution is -2.40.